The molecule has 0 saturated heterocycles. The summed E-state index contributed by atoms with van der Waals surface area (Å²) in [5.74, 6) is 0. The van der Waals surface area contributed by atoms with Crippen LogP contribution in [0.25, 0.3) is 5.57 Å². The summed E-state index contributed by atoms with van der Waals surface area (Å²) >= 11 is 0. The number of allylic oxidation sites excluding steroid dienone is 3. The van der Waals surface area contributed by atoms with Crippen LogP contribution in [-0.4, -0.2) is 31.8 Å². The average molecular weight is 282 g/mol. The van der Waals surface area contributed by atoms with Crippen molar-refractivity contribution >= 4 is 11.8 Å². The molecule has 0 unspecified atom stereocenters. The van der Waals surface area contributed by atoms with Gasteiger partial charge in [0.05, 0.1) is 0 Å². The van der Waals surface area contributed by atoms with Gasteiger partial charge < -0.3 is 4.90 Å². The van der Waals surface area contributed by atoms with Crippen LogP contribution in [-0.2, 0) is 6.42 Å². The van der Waals surface area contributed by atoms with Gasteiger partial charge in [-0.25, -0.2) is 0 Å². The van der Waals surface area contributed by atoms with Crippen LogP contribution in [0.5, 0.6) is 0 Å². The van der Waals surface area contributed by atoms with Crippen LogP contribution in [0.4, 0.5) is 0 Å². The highest BCUT2D eigenvalue weighted by Gasteiger charge is 2.12. The highest BCUT2D eigenvalue weighted by atomic mass is 15.1. The Labute approximate surface area is 128 Å². The van der Waals surface area contributed by atoms with Crippen molar-refractivity contribution < 1.29 is 0 Å². The zero-order valence-electron chi connectivity index (χ0n) is 13.5. The van der Waals surface area contributed by atoms with E-state index in [1.165, 1.54) is 35.2 Å². The van der Waals surface area contributed by atoms with Crippen LogP contribution in [0.1, 0.15) is 37.3 Å². The Morgan fingerprint density at radius 2 is 2.05 bits per heavy atom. The molecule has 0 heterocycles. The lowest BCUT2D eigenvalue weighted by atomic mass is 9.97. The van der Waals surface area contributed by atoms with Gasteiger partial charge in [0.15, 0.2) is 0 Å². The number of hydrogen-bond acceptors (Lipinski definition) is 2. The smallest absolute Gasteiger partial charge is 0.0385 e. The van der Waals surface area contributed by atoms with E-state index in [-0.39, 0.29) is 0 Å². The molecule has 0 atom stereocenters. The molecule has 1 aliphatic rings. The van der Waals surface area contributed by atoms with E-state index in [1.54, 1.807) is 0 Å². The van der Waals surface area contributed by atoms with Crippen molar-refractivity contribution in [1.29, 1.82) is 0 Å². The van der Waals surface area contributed by atoms with Gasteiger partial charge in [-0.1, -0.05) is 43.7 Å². The molecule has 0 amide bonds. The number of hydrogen-bond donors (Lipinski definition) is 0. The number of benzene rings is 1. The maximum absolute atomic E-state index is 4.50. The van der Waals surface area contributed by atoms with Crippen molar-refractivity contribution in [3.05, 3.63) is 53.2 Å². The first-order chi connectivity index (χ1) is 10.2. The number of rotatable bonds is 7. The molecule has 0 saturated carbocycles. The van der Waals surface area contributed by atoms with Crippen LogP contribution >= 0.6 is 0 Å². The van der Waals surface area contributed by atoms with Crippen LogP contribution < -0.4 is 0 Å². The van der Waals surface area contributed by atoms with E-state index in [0.29, 0.717) is 0 Å². The van der Waals surface area contributed by atoms with Crippen molar-refractivity contribution in [2.75, 3.05) is 20.6 Å². The van der Waals surface area contributed by atoms with Crippen molar-refractivity contribution in [2.45, 2.75) is 32.6 Å². The summed E-state index contributed by atoms with van der Waals surface area (Å²) in [4.78, 5) is 6.67. The molecule has 1 aromatic rings. The van der Waals surface area contributed by atoms with Gasteiger partial charge in [0, 0.05) is 39.0 Å². The maximum Gasteiger partial charge on any atom is 0.0385 e. The number of aliphatic imine (C=N–C) groups is 1. The first kappa shape index (κ1) is 15.6. The Balaban J connectivity index is 2.08. The van der Waals surface area contributed by atoms with Gasteiger partial charge in [-0.15, -0.1) is 0 Å². The lowest BCUT2D eigenvalue weighted by Crippen LogP contribution is -2.07. The highest BCUT2D eigenvalue weighted by Crippen LogP contribution is 2.30. The van der Waals surface area contributed by atoms with Gasteiger partial charge >= 0.3 is 0 Å². The molecule has 0 fully saturated rings. The van der Waals surface area contributed by atoms with E-state index in [0.717, 1.165) is 19.4 Å². The largest absolute Gasteiger partial charge is 0.378 e. The van der Waals surface area contributed by atoms with Gasteiger partial charge in [0.2, 0.25) is 0 Å². The van der Waals surface area contributed by atoms with Crippen molar-refractivity contribution in [2.24, 2.45) is 4.99 Å². The minimum atomic E-state index is 0.925. The second kappa shape index (κ2) is 7.82. The molecule has 0 spiro atoms. The Bertz CT molecular complexity index is 550. The molecule has 1 aliphatic carbocycles. The van der Waals surface area contributed by atoms with E-state index in [2.05, 4.69) is 73.5 Å². The quantitative estimate of drug-likeness (QED) is 0.537. The minimum Gasteiger partial charge on any atom is -0.378 e. The Morgan fingerprint density at radius 1 is 1.24 bits per heavy atom. The summed E-state index contributed by atoms with van der Waals surface area (Å²) in [5.41, 5.74) is 5.46. The summed E-state index contributed by atoms with van der Waals surface area (Å²) in [5, 5.41) is 0. The van der Waals surface area contributed by atoms with Crippen LogP contribution in [0.15, 0.2) is 47.1 Å². The zero-order valence-corrected chi connectivity index (χ0v) is 13.5. The fourth-order valence-electron chi connectivity index (χ4n) is 2.53. The molecule has 0 bridgehead atoms. The molecule has 21 heavy (non-hydrogen) atoms. The highest BCUT2D eigenvalue weighted by molar-refractivity contribution is 5.76. The zero-order chi connectivity index (χ0) is 15.1. The minimum absolute atomic E-state index is 0.925. The summed E-state index contributed by atoms with van der Waals surface area (Å²) < 4.78 is 0. The Hall–Kier alpha value is -1.83. The van der Waals surface area contributed by atoms with Crippen molar-refractivity contribution in [1.82, 2.24) is 4.90 Å². The number of likely N-dealkylation sites (N-methyl/N-ethyl adjacent to an activating group) is 1. The molecule has 2 rings (SSSR count). The van der Waals surface area contributed by atoms with Crippen LogP contribution in [0.3, 0.4) is 0 Å². The SMILES string of the molecule is CCCCN=CCc1ccccc1C1=CC(N(C)C)=CC1. The average Bonchev–Trinajstić information content (AvgIpc) is 2.97. The van der Waals surface area contributed by atoms with E-state index in [9.17, 15) is 0 Å². The molecule has 0 N–H and O–H groups in total. The third-order valence-electron chi connectivity index (χ3n) is 3.81. The second-order valence-electron chi connectivity index (χ2n) is 5.70. The van der Waals surface area contributed by atoms with E-state index < -0.39 is 0 Å². The summed E-state index contributed by atoms with van der Waals surface area (Å²) in [6, 6.07) is 8.69. The van der Waals surface area contributed by atoms with Crippen molar-refractivity contribution in [3.63, 3.8) is 0 Å². The fraction of sp³-hybridized carbons (Fsp3) is 0.421. The molecule has 0 aliphatic heterocycles. The lowest BCUT2D eigenvalue weighted by molar-refractivity contribution is 0.531. The lowest BCUT2D eigenvalue weighted by Gasteiger charge is -2.11. The second-order valence-corrected chi connectivity index (χ2v) is 5.70. The molecule has 112 valence electrons. The molecular weight excluding hydrogens is 256 g/mol. The summed E-state index contributed by atoms with van der Waals surface area (Å²) in [6.07, 6.45) is 11.0. The topological polar surface area (TPSA) is 15.6 Å². The fourth-order valence-corrected chi connectivity index (χ4v) is 2.53. The van der Waals surface area contributed by atoms with Gasteiger partial charge in [0.1, 0.15) is 0 Å². The van der Waals surface area contributed by atoms with E-state index in [4.69, 9.17) is 0 Å². The number of unbranched alkanes of at least 4 members (excludes halogenated alkanes) is 1. The van der Waals surface area contributed by atoms with Crippen LogP contribution in [0.2, 0.25) is 0 Å². The third-order valence-corrected chi connectivity index (χ3v) is 3.81. The summed E-state index contributed by atoms with van der Waals surface area (Å²) in [6.45, 7) is 3.15. The van der Waals surface area contributed by atoms with Crippen LogP contribution in [0, 0.1) is 0 Å². The molecule has 0 aromatic heterocycles. The molecule has 0 radical (unpaired) electrons. The Kier molecular flexibility index (Phi) is 5.79. The maximum atomic E-state index is 4.50. The number of nitrogens with zero attached hydrogens (tertiary/aromatic N) is 2. The van der Waals surface area contributed by atoms with Gasteiger partial charge in [-0.05, 0) is 35.6 Å². The van der Waals surface area contributed by atoms with E-state index >= 15 is 0 Å². The molecule has 2 heteroatoms. The third kappa shape index (κ3) is 4.32. The van der Waals surface area contributed by atoms with Crippen molar-refractivity contribution in [3.8, 4) is 0 Å². The monoisotopic (exact) mass is 282 g/mol. The predicted octanol–water partition coefficient (Wildman–Crippen LogP) is 4.33. The van der Waals surface area contributed by atoms with E-state index in [1.807, 2.05) is 0 Å². The Morgan fingerprint density at radius 3 is 2.76 bits per heavy atom. The standard InChI is InChI=1S/C19H26N2/c1-4-5-13-20-14-12-16-8-6-7-9-19(16)17-10-11-18(15-17)21(2)3/h6-9,11,14-15H,4-5,10,12-13H2,1-3H3. The first-order valence-corrected chi connectivity index (χ1v) is 7.87. The molecule has 1 aromatic carbocycles. The normalized spacial score (nSPS) is 14.4. The molecule has 2 nitrogen and oxygen atoms in total. The predicted molar refractivity (Wildman–Crippen MR) is 92.8 cm³/mol. The summed E-state index contributed by atoms with van der Waals surface area (Å²) in [7, 11) is 4.19. The molecular formula is C19H26N2. The first-order valence-electron chi connectivity index (χ1n) is 7.87. The van der Waals surface area contributed by atoms with Gasteiger partial charge in [0.25, 0.3) is 0 Å². The van der Waals surface area contributed by atoms with Gasteiger partial charge in [-0.3, -0.25) is 4.99 Å². The van der Waals surface area contributed by atoms with Gasteiger partial charge in [-0.2, -0.15) is 0 Å².